The molecule has 4 nitrogen and oxygen atoms in total. The Morgan fingerprint density at radius 1 is 1.17 bits per heavy atom. The molecule has 3 aromatic rings. The topological polar surface area (TPSA) is 56.2 Å². The van der Waals surface area contributed by atoms with E-state index in [-0.39, 0.29) is 5.82 Å². The molecule has 0 amide bonds. The normalized spacial score (nSPS) is 11.0. The summed E-state index contributed by atoms with van der Waals surface area (Å²) in [7, 11) is 0. The number of benzene rings is 1. The molecule has 5 heteroatoms. The number of halogens is 1. The lowest BCUT2D eigenvalue weighted by molar-refractivity contribution is 0.628. The molecule has 0 fully saturated rings. The molecule has 0 unspecified atom stereocenters. The number of rotatable bonds is 1. The van der Waals surface area contributed by atoms with Crippen LogP contribution in [-0.4, -0.2) is 14.6 Å². The Balaban J connectivity index is 2.25. The zero-order valence-electron chi connectivity index (χ0n) is 9.76. The molecule has 0 aliphatic heterocycles. The van der Waals surface area contributed by atoms with Crippen molar-refractivity contribution in [2.24, 2.45) is 0 Å². The summed E-state index contributed by atoms with van der Waals surface area (Å²) < 4.78 is 14.9. The van der Waals surface area contributed by atoms with Crippen molar-refractivity contribution in [2.45, 2.75) is 6.92 Å². The first-order chi connectivity index (χ1) is 8.65. The molecule has 0 aliphatic carbocycles. The lowest BCUT2D eigenvalue weighted by Crippen LogP contribution is -1.95. The van der Waals surface area contributed by atoms with Gasteiger partial charge in [-0.2, -0.15) is 0 Å². The summed E-state index contributed by atoms with van der Waals surface area (Å²) in [5.74, 6) is 0.253. The van der Waals surface area contributed by atoms with E-state index in [1.54, 1.807) is 6.07 Å². The Labute approximate surface area is 103 Å². The van der Waals surface area contributed by atoms with Gasteiger partial charge in [0.25, 0.3) is 0 Å². The van der Waals surface area contributed by atoms with Crippen LogP contribution >= 0.6 is 0 Å². The highest BCUT2D eigenvalue weighted by atomic mass is 19.1. The van der Waals surface area contributed by atoms with Gasteiger partial charge >= 0.3 is 0 Å². The van der Waals surface area contributed by atoms with Crippen LogP contribution in [0.4, 0.5) is 10.1 Å². The number of pyridine rings is 1. The van der Waals surface area contributed by atoms with Crippen LogP contribution in [0.1, 0.15) is 5.56 Å². The third kappa shape index (κ3) is 1.60. The monoisotopic (exact) mass is 242 g/mol. The highest BCUT2D eigenvalue weighted by Gasteiger charge is 2.11. The highest BCUT2D eigenvalue weighted by Crippen LogP contribution is 2.25. The molecule has 90 valence electrons. The first-order valence-corrected chi connectivity index (χ1v) is 5.52. The predicted octanol–water partition coefficient (Wildman–Crippen LogP) is 2.43. The van der Waals surface area contributed by atoms with Crippen molar-refractivity contribution in [1.82, 2.24) is 14.6 Å². The van der Waals surface area contributed by atoms with Gasteiger partial charge in [0.2, 0.25) is 0 Å². The number of nitrogen functional groups attached to an aromatic ring is 1. The van der Waals surface area contributed by atoms with Crippen LogP contribution in [0.3, 0.4) is 0 Å². The van der Waals surface area contributed by atoms with Gasteiger partial charge in [-0.15, -0.1) is 10.2 Å². The van der Waals surface area contributed by atoms with Crippen LogP contribution in [-0.2, 0) is 0 Å². The van der Waals surface area contributed by atoms with Gasteiger partial charge in [-0.3, -0.25) is 4.40 Å². The maximum Gasteiger partial charge on any atom is 0.170 e. The van der Waals surface area contributed by atoms with Gasteiger partial charge in [0, 0.05) is 17.4 Å². The van der Waals surface area contributed by atoms with Gasteiger partial charge in [0.05, 0.1) is 0 Å². The van der Waals surface area contributed by atoms with Crippen LogP contribution in [0.5, 0.6) is 0 Å². The summed E-state index contributed by atoms with van der Waals surface area (Å²) in [4.78, 5) is 0. The van der Waals surface area contributed by atoms with E-state index in [2.05, 4.69) is 10.2 Å². The van der Waals surface area contributed by atoms with Gasteiger partial charge in [-0.1, -0.05) is 0 Å². The molecule has 0 aliphatic rings. The molecular weight excluding hydrogens is 231 g/mol. The standard InChI is InChI=1S/C13H11FN4/c1-8-4-5-18-12(6-8)16-17-13(18)10-3-2-9(14)7-11(10)15/h2-7H,15H2,1H3. The second-order valence-corrected chi connectivity index (χ2v) is 4.19. The van der Waals surface area contributed by atoms with Crippen molar-refractivity contribution >= 4 is 11.3 Å². The van der Waals surface area contributed by atoms with E-state index in [9.17, 15) is 4.39 Å². The summed E-state index contributed by atoms with van der Waals surface area (Å²) in [6, 6.07) is 8.14. The van der Waals surface area contributed by atoms with E-state index < -0.39 is 0 Å². The maximum atomic E-state index is 13.0. The lowest BCUT2D eigenvalue weighted by atomic mass is 10.1. The summed E-state index contributed by atoms with van der Waals surface area (Å²) in [5, 5.41) is 8.19. The quantitative estimate of drug-likeness (QED) is 0.667. The van der Waals surface area contributed by atoms with E-state index in [4.69, 9.17) is 5.73 Å². The number of anilines is 1. The van der Waals surface area contributed by atoms with Gasteiger partial charge in [0.15, 0.2) is 11.5 Å². The number of nitrogens with two attached hydrogens (primary N) is 1. The molecule has 0 atom stereocenters. The molecule has 2 aromatic heterocycles. The molecular formula is C13H11FN4. The van der Waals surface area contributed by atoms with Gasteiger partial charge in [0.1, 0.15) is 5.82 Å². The minimum absolute atomic E-state index is 0.352. The van der Waals surface area contributed by atoms with Gasteiger partial charge in [-0.05, 0) is 42.8 Å². The van der Waals surface area contributed by atoms with Crippen LogP contribution in [0.25, 0.3) is 17.0 Å². The Morgan fingerprint density at radius 2 is 2.00 bits per heavy atom. The summed E-state index contributed by atoms with van der Waals surface area (Å²) >= 11 is 0. The zero-order valence-corrected chi connectivity index (χ0v) is 9.76. The van der Waals surface area contributed by atoms with Crippen molar-refractivity contribution in [3.63, 3.8) is 0 Å². The van der Waals surface area contributed by atoms with E-state index in [1.165, 1.54) is 12.1 Å². The van der Waals surface area contributed by atoms with E-state index in [0.29, 0.717) is 17.1 Å². The first kappa shape index (κ1) is 10.7. The predicted molar refractivity (Wildman–Crippen MR) is 67.5 cm³/mol. The van der Waals surface area contributed by atoms with Crippen LogP contribution in [0, 0.1) is 12.7 Å². The molecule has 0 saturated carbocycles. The third-order valence-corrected chi connectivity index (χ3v) is 2.82. The third-order valence-electron chi connectivity index (χ3n) is 2.82. The van der Waals surface area contributed by atoms with Crippen LogP contribution in [0.2, 0.25) is 0 Å². The van der Waals surface area contributed by atoms with Gasteiger partial charge < -0.3 is 5.73 Å². The summed E-state index contributed by atoms with van der Waals surface area (Å²) in [6.45, 7) is 1.99. The van der Waals surface area contributed by atoms with Crippen molar-refractivity contribution in [1.29, 1.82) is 0 Å². The van der Waals surface area contributed by atoms with Crippen LogP contribution < -0.4 is 5.73 Å². The van der Waals surface area contributed by atoms with Crippen molar-refractivity contribution in [3.05, 3.63) is 47.9 Å². The average Bonchev–Trinajstić information content (AvgIpc) is 2.72. The van der Waals surface area contributed by atoms with Crippen molar-refractivity contribution in [2.75, 3.05) is 5.73 Å². The molecule has 1 aromatic carbocycles. The smallest absolute Gasteiger partial charge is 0.170 e. The summed E-state index contributed by atoms with van der Waals surface area (Å²) in [5.41, 5.74) is 8.69. The summed E-state index contributed by atoms with van der Waals surface area (Å²) in [6.07, 6.45) is 1.88. The largest absolute Gasteiger partial charge is 0.398 e. The zero-order chi connectivity index (χ0) is 12.7. The Hall–Kier alpha value is -2.43. The lowest BCUT2D eigenvalue weighted by Gasteiger charge is -2.04. The highest BCUT2D eigenvalue weighted by molar-refractivity contribution is 5.73. The minimum Gasteiger partial charge on any atom is -0.398 e. The average molecular weight is 242 g/mol. The second-order valence-electron chi connectivity index (χ2n) is 4.19. The molecule has 0 radical (unpaired) electrons. The first-order valence-electron chi connectivity index (χ1n) is 5.52. The van der Waals surface area contributed by atoms with Crippen molar-refractivity contribution in [3.8, 4) is 11.4 Å². The fourth-order valence-corrected chi connectivity index (χ4v) is 1.91. The number of nitrogens with zero attached hydrogens (tertiary/aromatic N) is 3. The molecule has 0 spiro atoms. The fourth-order valence-electron chi connectivity index (χ4n) is 1.91. The molecule has 0 bridgehead atoms. The van der Waals surface area contributed by atoms with Gasteiger partial charge in [-0.25, -0.2) is 4.39 Å². The van der Waals surface area contributed by atoms with E-state index in [0.717, 1.165) is 11.2 Å². The molecule has 3 rings (SSSR count). The Morgan fingerprint density at radius 3 is 2.78 bits per heavy atom. The minimum atomic E-state index is -0.360. The molecule has 0 saturated heterocycles. The number of aryl methyl sites for hydroxylation is 1. The Bertz CT molecular complexity index is 733. The van der Waals surface area contributed by atoms with Crippen LogP contribution in [0.15, 0.2) is 36.5 Å². The SMILES string of the molecule is Cc1ccn2c(-c3ccc(F)cc3N)nnc2c1. The molecule has 18 heavy (non-hydrogen) atoms. The van der Waals surface area contributed by atoms with Crippen molar-refractivity contribution < 1.29 is 4.39 Å². The number of hydrogen-bond acceptors (Lipinski definition) is 3. The second kappa shape index (κ2) is 3.80. The maximum absolute atomic E-state index is 13.0. The molecule has 2 N–H and O–H groups in total. The number of aromatic nitrogens is 3. The fraction of sp³-hybridized carbons (Fsp3) is 0.0769. The molecule has 2 heterocycles. The number of hydrogen-bond donors (Lipinski definition) is 1. The Kier molecular flexibility index (Phi) is 2.26. The number of fused-ring (bicyclic) bond motifs is 1. The van der Waals surface area contributed by atoms with E-state index >= 15 is 0 Å². The van der Waals surface area contributed by atoms with E-state index in [1.807, 2.05) is 29.7 Å².